The van der Waals surface area contributed by atoms with Crippen molar-refractivity contribution in [1.82, 2.24) is 9.55 Å². The lowest BCUT2D eigenvalue weighted by molar-refractivity contribution is -0.114. The molecule has 1 unspecified atom stereocenters. The quantitative estimate of drug-likeness (QED) is 0.453. The number of aryl methyl sites for hydroxylation is 1. The molecule has 0 spiro atoms. The van der Waals surface area contributed by atoms with Crippen molar-refractivity contribution in [2.45, 2.75) is 38.8 Å². The Bertz CT molecular complexity index is 944. The first kappa shape index (κ1) is 22.3. The van der Waals surface area contributed by atoms with E-state index in [1.54, 1.807) is 18.6 Å². The lowest BCUT2D eigenvalue weighted by Crippen LogP contribution is -2.22. The standard InChI is InChI=1S/C23H25Cl2N3O2/c1-17(29)27-21-7-2-18(3-8-21)10-13-30-22(15-28-12-11-26-16-28)9-5-19-4-6-20(24)14-23(19)25/h2-4,6-8,11-12,14,16,22H,5,9-10,13,15H2,1H3,(H,27,29). The number of carbonyl (C=O) groups excluding carboxylic acids is 1. The lowest BCUT2D eigenvalue weighted by atomic mass is 10.1. The molecule has 1 amide bonds. The van der Waals surface area contributed by atoms with Gasteiger partial charge in [-0.05, 0) is 54.7 Å². The maximum absolute atomic E-state index is 11.1. The normalized spacial score (nSPS) is 12.0. The number of hydrogen-bond acceptors (Lipinski definition) is 3. The number of hydrogen-bond donors (Lipinski definition) is 1. The smallest absolute Gasteiger partial charge is 0.221 e. The summed E-state index contributed by atoms with van der Waals surface area (Å²) in [6.45, 7) is 2.83. The zero-order valence-electron chi connectivity index (χ0n) is 16.9. The van der Waals surface area contributed by atoms with E-state index < -0.39 is 0 Å². The highest BCUT2D eigenvalue weighted by Gasteiger charge is 2.12. The second-order valence-electron chi connectivity index (χ2n) is 7.15. The van der Waals surface area contributed by atoms with Crippen LogP contribution in [-0.2, 0) is 28.9 Å². The summed E-state index contributed by atoms with van der Waals surface area (Å²) < 4.78 is 8.24. The van der Waals surface area contributed by atoms with Gasteiger partial charge in [0.25, 0.3) is 0 Å². The van der Waals surface area contributed by atoms with E-state index in [0.29, 0.717) is 16.7 Å². The van der Waals surface area contributed by atoms with Crippen molar-refractivity contribution < 1.29 is 9.53 Å². The van der Waals surface area contributed by atoms with Gasteiger partial charge in [-0.15, -0.1) is 0 Å². The van der Waals surface area contributed by atoms with Crippen LogP contribution in [-0.4, -0.2) is 28.2 Å². The number of anilines is 1. The number of imidazole rings is 1. The van der Waals surface area contributed by atoms with Crippen LogP contribution in [0.1, 0.15) is 24.5 Å². The number of benzene rings is 2. The Hall–Kier alpha value is -2.34. The van der Waals surface area contributed by atoms with Gasteiger partial charge in [-0.1, -0.05) is 41.4 Å². The van der Waals surface area contributed by atoms with Gasteiger partial charge in [-0.2, -0.15) is 0 Å². The minimum absolute atomic E-state index is 0.0320. The van der Waals surface area contributed by atoms with Crippen molar-refractivity contribution >= 4 is 34.8 Å². The molecule has 0 aliphatic rings. The number of nitrogens with one attached hydrogen (secondary N) is 1. The van der Waals surface area contributed by atoms with E-state index in [1.165, 1.54) is 6.92 Å². The van der Waals surface area contributed by atoms with Crippen LogP contribution in [0.25, 0.3) is 0 Å². The van der Waals surface area contributed by atoms with E-state index in [1.807, 2.05) is 47.2 Å². The summed E-state index contributed by atoms with van der Waals surface area (Å²) in [5.41, 5.74) is 3.02. The number of amides is 1. The highest BCUT2D eigenvalue weighted by molar-refractivity contribution is 6.35. The first-order chi connectivity index (χ1) is 14.5. The largest absolute Gasteiger partial charge is 0.376 e. The maximum atomic E-state index is 11.1. The first-order valence-electron chi connectivity index (χ1n) is 9.87. The molecule has 0 radical (unpaired) electrons. The molecule has 0 bridgehead atoms. The summed E-state index contributed by atoms with van der Waals surface area (Å²) >= 11 is 12.3. The molecule has 1 N–H and O–H groups in total. The number of carbonyl (C=O) groups is 1. The van der Waals surface area contributed by atoms with Gasteiger partial charge in [-0.25, -0.2) is 4.98 Å². The van der Waals surface area contributed by atoms with E-state index in [2.05, 4.69) is 10.3 Å². The zero-order chi connectivity index (χ0) is 21.3. The molecular formula is C23H25Cl2N3O2. The number of nitrogens with zero attached hydrogens (tertiary/aromatic N) is 2. The summed E-state index contributed by atoms with van der Waals surface area (Å²) in [5.74, 6) is -0.0748. The average molecular weight is 446 g/mol. The van der Waals surface area contributed by atoms with Crippen LogP contribution in [0.5, 0.6) is 0 Å². The first-order valence-corrected chi connectivity index (χ1v) is 10.6. The third-order valence-corrected chi connectivity index (χ3v) is 5.33. The summed E-state index contributed by atoms with van der Waals surface area (Å²) in [6.07, 6.45) is 7.97. The van der Waals surface area contributed by atoms with Crippen LogP contribution in [0.15, 0.2) is 61.2 Å². The third kappa shape index (κ3) is 7.17. The van der Waals surface area contributed by atoms with Crippen molar-refractivity contribution in [2.24, 2.45) is 0 Å². The SMILES string of the molecule is CC(=O)Nc1ccc(CCOC(CCc2ccc(Cl)cc2Cl)Cn2ccnc2)cc1. The molecule has 30 heavy (non-hydrogen) atoms. The number of rotatable bonds is 10. The van der Waals surface area contributed by atoms with Crippen LogP contribution in [0.4, 0.5) is 5.69 Å². The molecular weight excluding hydrogens is 421 g/mol. The minimum atomic E-state index is -0.0748. The second-order valence-corrected chi connectivity index (χ2v) is 8.00. The molecule has 158 valence electrons. The Morgan fingerprint density at radius 3 is 2.63 bits per heavy atom. The van der Waals surface area contributed by atoms with Crippen molar-refractivity contribution in [3.05, 3.63) is 82.4 Å². The van der Waals surface area contributed by atoms with Crippen LogP contribution in [0.2, 0.25) is 10.0 Å². The van der Waals surface area contributed by atoms with E-state index in [-0.39, 0.29) is 12.0 Å². The Morgan fingerprint density at radius 1 is 1.17 bits per heavy atom. The summed E-state index contributed by atoms with van der Waals surface area (Å²) in [6, 6.07) is 13.4. The Morgan fingerprint density at radius 2 is 1.97 bits per heavy atom. The van der Waals surface area contributed by atoms with Gasteiger partial charge in [0.05, 0.1) is 19.0 Å². The molecule has 1 aromatic heterocycles. The van der Waals surface area contributed by atoms with Crippen molar-refractivity contribution in [2.75, 3.05) is 11.9 Å². The highest BCUT2D eigenvalue weighted by Crippen LogP contribution is 2.23. The fourth-order valence-corrected chi connectivity index (χ4v) is 3.70. The maximum Gasteiger partial charge on any atom is 0.221 e. The molecule has 7 heteroatoms. The molecule has 1 atom stereocenters. The molecule has 3 aromatic rings. The molecule has 0 saturated heterocycles. The summed E-state index contributed by atoms with van der Waals surface area (Å²) in [5, 5.41) is 4.10. The summed E-state index contributed by atoms with van der Waals surface area (Å²) in [4.78, 5) is 15.2. The van der Waals surface area contributed by atoms with Crippen LogP contribution < -0.4 is 5.32 Å². The van der Waals surface area contributed by atoms with Gasteiger partial charge in [0.15, 0.2) is 0 Å². The van der Waals surface area contributed by atoms with Crippen molar-refractivity contribution in [1.29, 1.82) is 0 Å². The fourth-order valence-electron chi connectivity index (χ4n) is 3.20. The molecule has 0 saturated carbocycles. The van der Waals surface area contributed by atoms with Gasteiger partial charge in [0, 0.05) is 41.6 Å². The second kappa shape index (κ2) is 11.2. The van der Waals surface area contributed by atoms with Gasteiger partial charge in [0.1, 0.15) is 0 Å². The zero-order valence-corrected chi connectivity index (χ0v) is 18.4. The highest BCUT2D eigenvalue weighted by atomic mass is 35.5. The van der Waals surface area contributed by atoms with Gasteiger partial charge in [-0.3, -0.25) is 4.79 Å². The van der Waals surface area contributed by atoms with E-state index in [0.717, 1.165) is 42.6 Å². The molecule has 0 aliphatic carbocycles. The molecule has 5 nitrogen and oxygen atoms in total. The van der Waals surface area contributed by atoms with Crippen molar-refractivity contribution in [3.63, 3.8) is 0 Å². The lowest BCUT2D eigenvalue weighted by Gasteiger charge is -2.19. The Kier molecular flexibility index (Phi) is 8.31. The molecule has 3 rings (SSSR count). The monoisotopic (exact) mass is 445 g/mol. The third-order valence-electron chi connectivity index (χ3n) is 4.74. The Labute approximate surface area is 187 Å². The summed E-state index contributed by atoms with van der Waals surface area (Å²) in [7, 11) is 0. The van der Waals surface area contributed by atoms with Crippen LogP contribution in [0, 0.1) is 0 Å². The molecule has 2 aromatic carbocycles. The predicted octanol–water partition coefficient (Wildman–Crippen LogP) is 5.41. The van der Waals surface area contributed by atoms with E-state index in [4.69, 9.17) is 27.9 Å². The van der Waals surface area contributed by atoms with Gasteiger partial charge >= 0.3 is 0 Å². The van der Waals surface area contributed by atoms with Crippen molar-refractivity contribution in [3.8, 4) is 0 Å². The number of ether oxygens (including phenoxy) is 1. The molecule has 0 fully saturated rings. The minimum Gasteiger partial charge on any atom is -0.376 e. The van der Waals surface area contributed by atoms with Crippen LogP contribution in [0.3, 0.4) is 0 Å². The Balaban J connectivity index is 1.55. The van der Waals surface area contributed by atoms with E-state index in [9.17, 15) is 4.79 Å². The van der Waals surface area contributed by atoms with Gasteiger partial charge in [0.2, 0.25) is 5.91 Å². The molecule has 0 aliphatic heterocycles. The number of halogens is 2. The number of aromatic nitrogens is 2. The topological polar surface area (TPSA) is 56.1 Å². The molecule has 1 heterocycles. The average Bonchev–Trinajstić information content (AvgIpc) is 3.21. The van der Waals surface area contributed by atoms with Crippen LogP contribution >= 0.6 is 23.2 Å². The fraction of sp³-hybridized carbons (Fsp3) is 0.304. The van der Waals surface area contributed by atoms with E-state index >= 15 is 0 Å². The predicted molar refractivity (Wildman–Crippen MR) is 121 cm³/mol. The van der Waals surface area contributed by atoms with Gasteiger partial charge < -0.3 is 14.6 Å².